The van der Waals surface area contributed by atoms with Gasteiger partial charge in [-0.1, -0.05) is 36.4 Å². The van der Waals surface area contributed by atoms with Crippen molar-refractivity contribution in [3.05, 3.63) is 95.9 Å². The van der Waals surface area contributed by atoms with E-state index in [0.29, 0.717) is 6.42 Å². The van der Waals surface area contributed by atoms with Crippen LogP contribution in [0.3, 0.4) is 0 Å². The van der Waals surface area contributed by atoms with Crippen molar-refractivity contribution in [3.63, 3.8) is 0 Å². The number of hydrogen-bond acceptors (Lipinski definition) is 2. The highest BCUT2D eigenvalue weighted by molar-refractivity contribution is 5.84. The Kier molecular flexibility index (Phi) is 3.59. The van der Waals surface area contributed by atoms with Crippen molar-refractivity contribution in [1.82, 2.24) is 9.78 Å². The number of carbonyl (C=O) groups is 1. The second kappa shape index (κ2) is 6.02. The molecule has 1 heterocycles. The second-order valence-corrected chi connectivity index (χ2v) is 7.24. The minimum atomic E-state index is -0.772. The second-order valence-electron chi connectivity index (χ2n) is 7.24. The quantitative estimate of drug-likeness (QED) is 0.572. The highest BCUT2D eigenvalue weighted by Crippen LogP contribution is 2.59. The summed E-state index contributed by atoms with van der Waals surface area (Å²) >= 11 is 0. The Morgan fingerprint density at radius 2 is 1.79 bits per heavy atom. The summed E-state index contributed by atoms with van der Waals surface area (Å²) in [6.07, 6.45) is 2.35. The SMILES string of the molecule is O=C(O)C1CC1(c1ccccc1)c1ccc2c(cnn2-c2ccc(F)cc2)c1. The number of rotatable bonds is 4. The molecule has 0 amide bonds. The van der Waals surface area contributed by atoms with E-state index in [1.54, 1.807) is 23.0 Å². The molecule has 0 aliphatic heterocycles. The van der Waals surface area contributed by atoms with Gasteiger partial charge in [-0.05, 0) is 53.9 Å². The predicted octanol–water partition coefficient (Wildman–Crippen LogP) is 4.56. The van der Waals surface area contributed by atoms with Crippen molar-refractivity contribution in [3.8, 4) is 5.69 Å². The van der Waals surface area contributed by atoms with Crippen LogP contribution in [-0.4, -0.2) is 20.9 Å². The molecule has 3 aromatic carbocycles. The van der Waals surface area contributed by atoms with Gasteiger partial charge >= 0.3 is 5.97 Å². The number of nitrogens with zero attached hydrogens (tertiary/aromatic N) is 2. The third-order valence-electron chi connectivity index (χ3n) is 5.70. The van der Waals surface area contributed by atoms with Gasteiger partial charge in [0.05, 0.1) is 23.3 Å². The minimum Gasteiger partial charge on any atom is -0.481 e. The summed E-state index contributed by atoms with van der Waals surface area (Å²) in [4.78, 5) is 11.8. The molecular formula is C23H17FN2O2. The third kappa shape index (κ3) is 2.43. The topological polar surface area (TPSA) is 55.1 Å². The molecule has 5 rings (SSSR count). The molecule has 0 bridgehead atoms. The van der Waals surface area contributed by atoms with Crippen LogP contribution in [0.15, 0.2) is 79.0 Å². The van der Waals surface area contributed by atoms with Gasteiger partial charge in [0.25, 0.3) is 0 Å². The summed E-state index contributed by atoms with van der Waals surface area (Å²) in [5, 5.41) is 15.0. The molecule has 1 aliphatic rings. The minimum absolute atomic E-state index is 0.291. The highest BCUT2D eigenvalue weighted by Gasteiger charge is 2.60. The van der Waals surface area contributed by atoms with Crippen LogP contribution in [-0.2, 0) is 10.2 Å². The number of fused-ring (bicyclic) bond motifs is 1. The normalized spacial score (nSPS) is 21.0. The van der Waals surface area contributed by atoms with Crippen molar-refractivity contribution >= 4 is 16.9 Å². The van der Waals surface area contributed by atoms with Crippen LogP contribution in [0.2, 0.25) is 0 Å². The largest absolute Gasteiger partial charge is 0.481 e. The molecule has 1 fully saturated rings. The van der Waals surface area contributed by atoms with Crippen LogP contribution in [0.25, 0.3) is 16.6 Å². The zero-order valence-corrected chi connectivity index (χ0v) is 14.9. The number of carboxylic acids is 1. The van der Waals surface area contributed by atoms with Gasteiger partial charge < -0.3 is 5.11 Å². The van der Waals surface area contributed by atoms with Crippen LogP contribution < -0.4 is 0 Å². The zero-order valence-electron chi connectivity index (χ0n) is 14.9. The maximum atomic E-state index is 13.2. The Hall–Kier alpha value is -3.47. The van der Waals surface area contributed by atoms with E-state index in [1.165, 1.54) is 12.1 Å². The maximum absolute atomic E-state index is 13.2. The molecule has 28 heavy (non-hydrogen) atoms. The molecule has 0 radical (unpaired) electrons. The smallest absolute Gasteiger partial charge is 0.307 e. The summed E-state index contributed by atoms with van der Waals surface area (Å²) < 4.78 is 15.0. The zero-order chi connectivity index (χ0) is 19.3. The Morgan fingerprint density at radius 1 is 1.04 bits per heavy atom. The first kappa shape index (κ1) is 16.7. The molecule has 0 spiro atoms. The molecule has 2 unspecified atom stereocenters. The third-order valence-corrected chi connectivity index (χ3v) is 5.70. The van der Waals surface area contributed by atoms with E-state index in [-0.39, 0.29) is 5.82 Å². The van der Waals surface area contributed by atoms with Crippen LogP contribution >= 0.6 is 0 Å². The number of aromatic nitrogens is 2. The first-order valence-electron chi connectivity index (χ1n) is 9.12. The van der Waals surface area contributed by atoms with Gasteiger partial charge in [0.1, 0.15) is 5.82 Å². The summed E-state index contributed by atoms with van der Waals surface area (Å²) in [5.74, 6) is -1.49. The van der Waals surface area contributed by atoms with Crippen LogP contribution in [0, 0.1) is 11.7 Å². The lowest BCUT2D eigenvalue weighted by Crippen LogP contribution is -2.16. The van der Waals surface area contributed by atoms with E-state index in [9.17, 15) is 14.3 Å². The van der Waals surface area contributed by atoms with Gasteiger partial charge in [0.2, 0.25) is 0 Å². The fourth-order valence-corrected chi connectivity index (χ4v) is 4.20. The number of carboxylic acid groups (broad SMARTS) is 1. The number of hydrogen-bond donors (Lipinski definition) is 1. The molecule has 2 atom stereocenters. The van der Waals surface area contributed by atoms with Gasteiger partial charge in [-0.3, -0.25) is 4.79 Å². The Balaban J connectivity index is 1.62. The summed E-state index contributed by atoms with van der Waals surface area (Å²) in [5.41, 5.74) is 3.17. The Morgan fingerprint density at radius 3 is 2.46 bits per heavy atom. The molecule has 4 nitrogen and oxygen atoms in total. The van der Waals surface area contributed by atoms with Gasteiger partial charge in [0.15, 0.2) is 0 Å². The lowest BCUT2D eigenvalue weighted by atomic mass is 9.85. The van der Waals surface area contributed by atoms with E-state index in [1.807, 2.05) is 48.5 Å². The molecule has 4 aromatic rings. The van der Waals surface area contributed by atoms with E-state index in [2.05, 4.69) is 5.10 Å². The summed E-state index contributed by atoms with van der Waals surface area (Å²) in [6.45, 7) is 0. The van der Waals surface area contributed by atoms with Crippen LogP contribution in [0.5, 0.6) is 0 Å². The average Bonchev–Trinajstić information content (AvgIpc) is 3.36. The van der Waals surface area contributed by atoms with E-state index in [4.69, 9.17) is 0 Å². The summed E-state index contributed by atoms with van der Waals surface area (Å²) in [7, 11) is 0. The first-order chi connectivity index (χ1) is 13.6. The monoisotopic (exact) mass is 372 g/mol. The van der Waals surface area contributed by atoms with E-state index < -0.39 is 17.3 Å². The van der Waals surface area contributed by atoms with Crippen molar-refractivity contribution in [2.75, 3.05) is 0 Å². The molecule has 1 N–H and O–H groups in total. The number of aliphatic carboxylic acids is 1. The van der Waals surface area contributed by atoms with Gasteiger partial charge in [0, 0.05) is 10.8 Å². The van der Waals surface area contributed by atoms with Crippen LogP contribution in [0.1, 0.15) is 17.5 Å². The maximum Gasteiger partial charge on any atom is 0.307 e. The lowest BCUT2D eigenvalue weighted by Gasteiger charge is -2.18. The number of halogens is 1. The van der Waals surface area contributed by atoms with Crippen molar-refractivity contribution in [2.24, 2.45) is 5.92 Å². The number of benzene rings is 3. The van der Waals surface area contributed by atoms with Gasteiger partial charge in [-0.25, -0.2) is 9.07 Å². The molecule has 5 heteroatoms. The van der Waals surface area contributed by atoms with Gasteiger partial charge in [-0.2, -0.15) is 5.10 Å². The summed E-state index contributed by atoms with van der Waals surface area (Å²) in [6, 6.07) is 22.0. The van der Waals surface area contributed by atoms with Crippen molar-refractivity contribution < 1.29 is 14.3 Å². The standard InChI is InChI=1S/C23H17FN2O2/c24-18-7-9-19(10-8-18)26-21-11-6-17(12-15(21)14-25-26)23(13-20(23)22(27)28)16-4-2-1-3-5-16/h1-12,14,20H,13H2,(H,27,28). The Bertz CT molecular complexity index is 1180. The average molecular weight is 372 g/mol. The highest BCUT2D eigenvalue weighted by atomic mass is 19.1. The molecular weight excluding hydrogens is 355 g/mol. The van der Waals surface area contributed by atoms with Gasteiger partial charge in [-0.15, -0.1) is 0 Å². The molecule has 1 aliphatic carbocycles. The molecule has 138 valence electrons. The lowest BCUT2D eigenvalue weighted by molar-refractivity contribution is -0.138. The molecule has 0 saturated heterocycles. The first-order valence-corrected chi connectivity index (χ1v) is 9.12. The Labute approximate surface area is 160 Å². The fraction of sp³-hybridized carbons (Fsp3) is 0.130. The van der Waals surface area contributed by atoms with E-state index in [0.717, 1.165) is 27.7 Å². The molecule has 1 aromatic heterocycles. The van der Waals surface area contributed by atoms with Crippen molar-refractivity contribution in [1.29, 1.82) is 0 Å². The fourth-order valence-electron chi connectivity index (χ4n) is 4.20. The van der Waals surface area contributed by atoms with Crippen molar-refractivity contribution in [2.45, 2.75) is 11.8 Å². The van der Waals surface area contributed by atoms with E-state index >= 15 is 0 Å². The van der Waals surface area contributed by atoms with Crippen LogP contribution in [0.4, 0.5) is 4.39 Å². The predicted molar refractivity (Wildman–Crippen MR) is 104 cm³/mol. The molecule has 1 saturated carbocycles.